The van der Waals surface area contributed by atoms with Gasteiger partial charge < -0.3 is 9.47 Å². The van der Waals surface area contributed by atoms with Gasteiger partial charge in [0, 0.05) is 45.2 Å². The van der Waals surface area contributed by atoms with Crippen LogP contribution in [0.15, 0.2) is 36.4 Å². The summed E-state index contributed by atoms with van der Waals surface area (Å²) in [5, 5.41) is 0. The molecule has 2 aromatic carbocycles. The van der Waals surface area contributed by atoms with Crippen molar-refractivity contribution in [3.05, 3.63) is 69.8 Å². The summed E-state index contributed by atoms with van der Waals surface area (Å²) < 4.78 is 9.73. The predicted octanol–water partition coefficient (Wildman–Crippen LogP) is 4.01. The van der Waals surface area contributed by atoms with Gasteiger partial charge in [-0.05, 0) is 49.9 Å². The molecule has 0 spiro atoms. The predicted molar refractivity (Wildman–Crippen MR) is 166 cm³/mol. The van der Waals surface area contributed by atoms with Crippen molar-refractivity contribution in [3.63, 3.8) is 0 Å². The zero-order valence-corrected chi connectivity index (χ0v) is 26.6. The van der Waals surface area contributed by atoms with Gasteiger partial charge >= 0.3 is 11.9 Å². The largest absolute Gasteiger partial charge is 0.469 e. The molecular formula is C37H34O11. The molecule has 2 fully saturated rings. The second-order valence-corrected chi connectivity index (χ2v) is 13.0. The van der Waals surface area contributed by atoms with Crippen molar-refractivity contribution in [2.45, 2.75) is 51.4 Å². The van der Waals surface area contributed by atoms with Crippen LogP contribution in [-0.2, 0) is 28.7 Å². The lowest BCUT2D eigenvalue weighted by Gasteiger charge is -2.29. The van der Waals surface area contributed by atoms with Crippen LogP contribution in [0.4, 0.5) is 0 Å². The van der Waals surface area contributed by atoms with Crippen molar-refractivity contribution >= 4 is 52.4 Å². The summed E-state index contributed by atoms with van der Waals surface area (Å²) in [5.74, 6) is -12.2. The standard InChI is InChI=1S/C37H34O11/c1-47-36(45)23-9-5-3-7-19(23)30(39)27-32(41)21-13-11-17(15-25(21)34(27)43)29(38)18-12-14-22-26(16-18)35(44)28(33(22)42)31(40)20-8-4-6-10-24(20)37(46)48-2/h11-16,19-20,23-24,27-28H,3-10H2,1-2H3/t19?,20?,23-,24-,27?,28?/m0/s1. The Bertz CT molecular complexity index is 1690. The van der Waals surface area contributed by atoms with Crippen LogP contribution in [-0.4, -0.2) is 66.6 Å². The first-order chi connectivity index (χ1) is 23.0. The van der Waals surface area contributed by atoms with E-state index in [1.54, 1.807) is 0 Å². The second-order valence-electron chi connectivity index (χ2n) is 13.0. The van der Waals surface area contributed by atoms with Crippen LogP contribution < -0.4 is 0 Å². The van der Waals surface area contributed by atoms with E-state index in [0.717, 1.165) is 12.8 Å². The highest BCUT2D eigenvalue weighted by atomic mass is 16.5. The Kier molecular flexibility index (Phi) is 8.89. The van der Waals surface area contributed by atoms with Gasteiger partial charge in [-0.1, -0.05) is 37.8 Å². The highest BCUT2D eigenvalue weighted by Crippen LogP contribution is 2.39. The fourth-order valence-corrected chi connectivity index (χ4v) is 7.99. The molecule has 248 valence electrons. The van der Waals surface area contributed by atoms with Crippen LogP contribution >= 0.6 is 0 Å². The van der Waals surface area contributed by atoms with E-state index >= 15 is 0 Å². The highest BCUT2D eigenvalue weighted by Gasteiger charge is 2.50. The molecule has 0 amide bonds. The number of carbonyl (C=O) groups is 9. The molecule has 4 aliphatic carbocycles. The lowest BCUT2D eigenvalue weighted by Crippen LogP contribution is -2.39. The summed E-state index contributed by atoms with van der Waals surface area (Å²) in [6, 6.07) is 7.80. The number of methoxy groups -OCH3 is 2. The molecule has 0 radical (unpaired) electrons. The van der Waals surface area contributed by atoms with Crippen molar-refractivity contribution in [1.82, 2.24) is 0 Å². The topological polar surface area (TPSA) is 172 Å². The summed E-state index contributed by atoms with van der Waals surface area (Å²) in [6.45, 7) is 0. The van der Waals surface area contributed by atoms with Crippen molar-refractivity contribution < 1.29 is 52.6 Å². The van der Waals surface area contributed by atoms with Crippen molar-refractivity contribution in [2.75, 3.05) is 14.2 Å². The Labute approximate surface area is 275 Å². The Hall–Kier alpha value is -4.93. The van der Waals surface area contributed by atoms with Crippen LogP contribution in [0.1, 0.15) is 109 Å². The molecule has 11 nitrogen and oxygen atoms in total. The van der Waals surface area contributed by atoms with Gasteiger partial charge in [0.1, 0.15) is 11.8 Å². The Morgan fingerprint density at radius 3 is 1.19 bits per heavy atom. The average Bonchev–Trinajstić information content (AvgIpc) is 3.52. The zero-order valence-electron chi connectivity index (χ0n) is 26.6. The SMILES string of the molecule is COC(=O)[C@H]1CCCCC1C(=O)C1C(=O)c2ccc(C(=O)c3ccc4c(c3)C(=O)C(C(=O)C3CCCC[C@@H]3C(=O)OC)C4=O)cc2C1=O. The van der Waals surface area contributed by atoms with Crippen LogP contribution in [0.5, 0.6) is 0 Å². The van der Waals surface area contributed by atoms with Gasteiger partial charge in [-0.25, -0.2) is 0 Å². The third kappa shape index (κ3) is 5.35. The van der Waals surface area contributed by atoms with E-state index in [4.69, 9.17) is 9.47 Å². The van der Waals surface area contributed by atoms with Gasteiger partial charge in [0.15, 0.2) is 40.5 Å². The Morgan fingerprint density at radius 2 is 0.833 bits per heavy atom. The first-order valence-corrected chi connectivity index (χ1v) is 16.2. The molecule has 0 aromatic heterocycles. The number of rotatable bonds is 8. The van der Waals surface area contributed by atoms with Gasteiger partial charge in [-0.2, -0.15) is 0 Å². The molecule has 0 N–H and O–H groups in total. The molecule has 4 unspecified atom stereocenters. The van der Waals surface area contributed by atoms with E-state index < -0.39 is 87.9 Å². The molecular weight excluding hydrogens is 620 g/mol. The number of Topliss-reactive ketones (excluding diaryl/α,β-unsaturated/α-hetero) is 6. The Balaban J connectivity index is 1.23. The molecule has 0 aliphatic heterocycles. The number of ether oxygens (including phenoxy) is 2. The minimum atomic E-state index is -1.61. The quantitative estimate of drug-likeness (QED) is 0.229. The first-order valence-electron chi connectivity index (χ1n) is 16.2. The fourth-order valence-electron chi connectivity index (χ4n) is 7.99. The molecule has 0 heterocycles. The number of fused-ring (bicyclic) bond motifs is 2. The van der Waals surface area contributed by atoms with E-state index in [0.29, 0.717) is 38.5 Å². The summed E-state index contributed by atoms with van der Waals surface area (Å²) in [6.07, 6.45) is 4.33. The average molecular weight is 655 g/mol. The molecule has 6 rings (SSSR count). The molecule has 11 heteroatoms. The lowest BCUT2D eigenvalue weighted by atomic mass is 9.73. The van der Waals surface area contributed by atoms with E-state index in [1.807, 2.05) is 0 Å². The summed E-state index contributed by atoms with van der Waals surface area (Å²) in [4.78, 5) is 119. The van der Waals surface area contributed by atoms with Crippen molar-refractivity contribution in [1.29, 1.82) is 0 Å². The molecule has 0 bridgehead atoms. The molecule has 6 atom stereocenters. The van der Waals surface area contributed by atoms with Gasteiger partial charge in [-0.15, -0.1) is 0 Å². The molecule has 4 aliphatic rings. The smallest absolute Gasteiger partial charge is 0.309 e. The molecule has 2 aromatic rings. The Morgan fingerprint density at radius 1 is 0.500 bits per heavy atom. The van der Waals surface area contributed by atoms with E-state index in [9.17, 15) is 43.2 Å². The number of carbonyl (C=O) groups excluding carboxylic acids is 9. The van der Waals surface area contributed by atoms with E-state index in [2.05, 4.69) is 0 Å². The summed E-state index contributed by atoms with van der Waals surface area (Å²) in [7, 11) is 2.45. The van der Waals surface area contributed by atoms with Crippen LogP contribution in [0, 0.1) is 35.5 Å². The number of esters is 2. The van der Waals surface area contributed by atoms with Gasteiger partial charge in [-0.3, -0.25) is 43.2 Å². The maximum absolute atomic E-state index is 13.6. The highest BCUT2D eigenvalue weighted by molar-refractivity contribution is 6.37. The third-order valence-electron chi connectivity index (χ3n) is 10.5. The van der Waals surface area contributed by atoms with Crippen LogP contribution in [0.2, 0.25) is 0 Å². The van der Waals surface area contributed by atoms with E-state index in [1.165, 1.54) is 50.6 Å². The van der Waals surface area contributed by atoms with Crippen LogP contribution in [0.3, 0.4) is 0 Å². The first kappa shape index (κ1) is 33.0. The summed E-state index contributed by atoms with van der Waals surface area (Å²) in [5.41, 5.74) is -0.129. The lowest BCUT2D eigenvalue weighted by molar-refractivity contribution is -0.152. The zero-order chi connectivity index (χ0) is 34.4. The molecule has 0 saturated heterocycles. The van der Waals surface area contributed by atoms with Gasteiger partial charge in [0.2, 0.25) is 0 Å². The number of ketones is 7. The monoisotopic (exact) mass is 654 g/mol. The normalized spacial score (nSPS) is 26.5. The number of hydrogen-bond acceptors (Lipinski definition) is 11. The molecule has 2 saturated carbocycles. The van der Waals surface area contributed by atoms with Gasteiger partial charge in [0.05, 0.1) is 26.1 Å². The number of benzene rings is 2. The van der Waals surface area contributed by atoms with Crippen LogP contribution in [0.25, 0.3) is 0 Å². The minimum absolute atomic E-state index is 0.00406. The van der Waals surface area contributed by atoms with Crippen molar-refractivity contribution in [2.24, 2.45) is 35.5 Å². The van der Waals surface area contributed by atoms with Crippen molar-refractivity contribution in [3.8, 4) is 0 Å². The summed E-state index contributed by atoms with van der Waals surface area (Å²) >= 11 is 0. The maximum Gasteiger partial charge on any atom is 0.309 e. The third-order valence-corrected chi connectivity index (χ3v) is 10.5. The maximum atomic E-state index is 13.6. The fraction of sp³-hybridized carbons (Fsp3) is 0.432. The number of hydrogen-bond donors (Lipinski definition) is 0. The minimum Gasteiger partial charge on any atom is -0.469 e. The van der Waals surface area contributed by atoms with Gasteiger partial charge in [0.25, 0.3) is 0 Å². The van der Waals surface area contributed by atoms with E-state index in [-0.39, 0.29) is 33.4 Å². The second kappa shape index (κ2) is 12.9. The molecule has 48 heavy (non-hydrogen) atoms.